The Morgan fingerprint density at radius 2 is 1.88 bits per heavy atom. The smallest absolute Gasteiger partial charge is 0.164 e. The molecule has 0 aliphatic carbocycles. The summed E-state index contributed by atoms with van der Waals surface area (Å²) < 4.78 is 12.3. The molecule has 1 saturated heterocycles. The number of hydrogen-bond acceptors (Lipinski definition) is 3. The fraction of sp³-hybridized carbons (Fsp3) is 0.538. The minimum atomic E-state index is -0.225. The molecular weight excluding hydrogens is 284 g/mol. The Morgan fingerprint density at radius 1 is 1.24 bits per heavy atom. The van der Waals surface area contributed by atoms with Crippen LogP contribution in [0.25, 0.3) is 0 Å². The van der Waals surface area contributed by atoms with E-state index in [2.05, 4.69) is 15.9 Å². The number of ether oxygens (including phenoxy) is 2. The lowest BCUT2D eigenvalue weighted by Crippen LogP contribution is -2.31. The van der Waals surface area contributed by atoms with Crippen LogP contribution < -0.4 is 0 Å². The minimum Gasteiger partial charge on any atom is -0.396 e. The van der Waals surface area contributed by atoms with Gasteiger partial charge < -0.3 is 14.6 Å². The van der Waals surface area contributed by atoms with Gasteiger partial charge in [-0.25, -0.2) is 0 Å². The Morgan fingerprint density at radius 3 is 2.47 bits per heavy atom. The topological polar surface area (TPSA) is 38.7 Å². The maximum absolute atomic E-state index is 9.16. The Hall–Kier alpha value is -0.420. The summed E-state index contributed by atoms with van der Waals surface area (Å²) in [4.78, 5) is 0. The van der Waals surface area contributed by atoms with Gasteiger partial charge >= 0.3 is 0 Å². The van der Waals surface area contributed by atoms with Gasteiger partial charge in [0.15, 0.2) is 6.29 Å². The fourth-order valence-corrected chi connectivity index (χ4v) is 2.31. The highest BCUT2D eigenvalue weighted by molar-refractivity contribution is 9.10. The molecule has 2 rings (SSSR count). The average Bonchev–Trinajstić information content (AvgIpc) is 2.38. The molecule has 0 amide bonds. The van der Waals surface area contributed by atoms with E-state index < -0.39 is 0 Å². The van der Waals surface area contributed by atoms with Crippen LogP contribution in [0.3, 0.4) is 0 Å². The Labute approximate surface area is 110 Å². The van der Waals surface area contributed by atoms with Gasteiger partial charge in [0.25, 0.3) is 0 Å². The lowest BCUT2D eigenvalue weighted by atomic mass is 9.95. The summed E-state index contributed by atoms with van der Waals surface area (Å²) in [6.45, 7) is 1.62. The molecule has 0 saturated carbocycles. The summed E-state index contributed by atoms with van der Waals surface area (Å²) in [5, 5.41) is 9.16. The van der Waals surface area contributed by atoms with E-state index in [4.69, 9.17) is 14.6 Å². The second-order valence-corrected chi connectivity index (χ2v) is 5.05. The molecule has 0 aromatic heterocycles. The molecule has 1 aromatic carbocycles. The summed E-state index contributed by atoms with van der Waals surface area (Å²) in [7, 11) is 0. The molecule has 3 nitrogen and oxygen atoms in total. The van der Waals surface area contributed by atoms with Crippen LogP contribution in [0.5, 0.6) is 0 Å². The second kappa shape index (κ2) is 6.50. The Bertz CT molecular complexity index is 333. The van der Waals surface area contributed by atoms with Crippen molar-refractivity contribution in [2.75, 3.05) is 19.8 Å². The van der Waals surface area contributed by atoms with E-state index in [1.165, 1.54) is 0 Å². The van der Waals surface area contributed by atoms with Crippen LogP contribution in [0.1, 0.15) is 24.3 Å². The van der Waals surface area contributed by atoms with E-state index >= 15 is 0 Å². The van der Waals surface area contributed by atoms with Crippen molar-refractivity contribution < 1.29 is 14.6 Å². The third-order valence-corrected chi connectivity index (χ3v) is 3.45. The van der Waals surface area contributed by atoms with Gasteiger partial charge in [0, 0.05) is 17.0 Å². The molecule has 4 heteroatoms. The van der Waals surface area contributed by atoms with Crippen molar-refractivity contribution in [1.29, 1.82) is 0 Å². The predicted octanol–water partition coefficient (Wildman–Crippen LogP) is 2.68. The SMILES string of the molecule is OCCC(c1ccc(Br)cc1)C1OCCCO1. The van der Waals surface area contributed by atoms with Crippen LogP contribution in [0.2, 0.25) is 0 Å². The molecule has 1 aliphatic heterocycles. The summed E-state index contributed by atoms with van der Waals surface area (Å²) >= 11 is 3.42. The molecule has 1 fully saturated rings. The highest BCUT2D eigenvalue weighted by Crippen LogP contribution is 2.29. The third kappa shape index (κ3) is 3.52. The van der Waals surface area contributed by atoms with Gasteiger partial charge in [0.1, 0.15) is 0 Å². The summed E-state index contributed by atoms with van der Waals surface area (Å²) in [5.74, 6) is 0.105. The average molecular weight is 301 g/mol. The molecule has 1 unspecified atom stereocenters. The monoisotopic (exact) mass is 300 g/mol. The molecule has 0 spiro atoms. The van der Waals surface area contributed by atoms with Gasteiger partial charge in [-0.15, -0.1) is 0 Å². The molecule has 1 heterocycles. The number of rotatable bonds is 4. The van der Waals surface area contributed by atoms with Crippen LogP contribution >= 0.6 is 15.9 Å². The lowest BCUT2D eigenvalue weighted by molar-refractivity contribution is -0.192. The van der Waals surface area contributed by atoms with Crippen molar-refractivity contribution in [1.82, 2.24) is 0 Å². The summed E-state index contributed by atoms with van der Waals surface area (Å²) in [5.41, 5.74) is 1.15. The van der Waals surface area contributed by atoms with Gasteiger partial charge in [0.05, 0.1) is 13.2 Å². The van der Waals surface area contributed by atoms with Crippen LogP contribution in [0.4, 0.5) is 0 Å². The predicted molar refractivity (Wildman–Crippen MR) is 68.9 cm³/mol. The summed E-state index contributed by atoms with van der Waals surface area (Å²) in [6, 6.07) is 8.10. The quantitative estimate of drug-likeness (QED) is 0.929. The zero-order valence-electron chi connectivity index (χ0n) is 9.64. The van der Waals surface area contributed by atoms with Crippen LogP contribution in [0, 0.1) is 0 Å². The number of halogens is 1. The van der Waals surface area contributed by atoms with Gasteiger partial charge in [-0.05, 0) is 30.5 Å². The molecule has 94 valence electrons. The van der Waals surface area contributed by atoms with Crippen molar-refractivity contribution in [3.05, 3.63) is 34.3 Å². The number of aliphatic hydroxyl groups excluding tert-OH is 1. The van der Waals surface area contributed by atoms with E-state index in [0.29, 0.717) is 6.42 Å². The van der Waals surface area contributed by atoms with Gasteiger partial charge in [-0.1, -0.05) is 28.1 Å². The fourth-order valence-electron chi connectivity index (χ4n) is 2.05. The molecule has 17 heavy (non-hydrogen) atoms. The maximum Gasteiger partial charge on any atom is 0.164 e. The van der Waals surface area contributed by atoms with Gasteiger partial charge in [0.2, 0.25) is 0 Å². The Kier molecular flexibility index (Phi) is 4.98. The number of benzene rings is 1. The van der Waals surface area contributed by atoms with Crippen molar-refractivity contribution in [3.8, 4) is 0 Å². The number of aliphatic hydroxyl groups is 1. The van der Waals surface area contributed by atoms with Crippen molar-refractivity contribution in [2.24, 2.45) is 0 Å². The van der Waals surface area contributed by atoms with Crippen molar-refractivity contribution in [2.45, 2.75) is 25.0 Å². The largest absolute Gasteiger partial charge is 0.396 e. The first-order chi connectivity index (χ1) is 8.31. The van der Waals surface area contributed by atoms with Gasteiger partial charge in [-0.3, -0.25) is 0 Å². The van der Waals surface area contributed by atoms with E-state index in [9.17, 15) is 0 Å². The van der Waals surface area contributed by atoms with Crippen LogP contribution in [0.15, 0.2) is 28.7 Å². The maximum atomic E-state index is 9.16. The number of hydrogen-bond donors (Lipinski definition) is 1. The minimum absolute atomic E-state index is 0.105. The Balaban J connectivity index is 2.12. The zero-order chi connectivity index (χ0) is 12.1. The van der Waals surface area contributed by atoms with Crippen molar-refractivity contribution >= 4 is 15.9 Å². The molecule has 1 aliphatic rings. The first kappa shape index (κ1) is 13.0. The van der Waals surface area contributed by atoms with E-state index in [0.717, 1.165) is 29.7 Å². The summed E-state index contributed by atoms with van der Waals surface area (Å²) in [6.07, 6.45) is 1.38. The normalized spacial score (nSPS) is 19.2. The molecule has 1 N–H and O–H groups in total. The lowest BCUT2D eigenvalue weighted by Gasteiger charge is -2.30. The van der Waals surface area contributed by atoms with E-state index in [1.807, 2.05) is 24.3 Å². The van der Waals surface area contributed by atoms with E-state index in [-0.39, 0.29) is 18.8 Å². The highest BCUT2D eigenvalue weighted by Gasteiger charge is 2.26. The standard InChI is InChI=1S/C13H17BrO3/c14-11-4-2-10(3-5-11)12(6-7-15)13-16-8-1-9-17-13/h2-5,12-13,15H,1,6-9H2. The van der Waals surface area contributed by atoms with Crippen molar-refractivity contribution in [3.63, 3.8) is 0 Å². The molecule has 1 atom stereocenters. The molecule has 0 radical (unpaired) electrons. The highest BCUT2D eigenvalue weighted by atomic mass is 79.9. The third-order valence-electron chi connectivity index (χ3n) is 2.92. The van der Waals surface area contributed by atoms with E-state index in [1.54, 1.807) is 0 Å². The second-order valence-electron chi connectivity index (χ2n) is 4.13. The molecule has 1 aromatic rings. The van der Waals surface area contributed by atoms with Gasteiger partial charge in [-0.2, -0.15) is 0 Å². The van der Waals surface area contributed by atoms with Crippen LogP contribution in [-0.2, 0) is 9.47 Å². The molecule has 0 bridgehead atoms. The first-order valence-electron chi connectivity index (χ1n) is 5.91. The van der Waals surface area contributed by atoms with Crippen LogP contribution in [-0.4, -0.2) is 31.2 Å². The first-order valence-corrected chi connectivity index (χ1v) is 6.70. The zero-order valence-corrected chi connectivity index (χ0v) is 11.2. The molecular formula is C13H17BrO3.